The van der Waals surface area contributed by atoms with Crippen LogP contribution in [0.5, 0.6) is 11.5 Å². The average molecular weight is 500 g/mol. The van der Waals surface area contributed by atoms with E-state index in [1.807, 2.05) is 32.0 Å². The fourth-order valence-electron chi connectivity index (χ4n) is 4.11. The Hall–Kier alpha value is -3.40. The SMILES string of the molecule is CCOc1ccc(CCNC(=O)COC(=O)c2sc3nc4n(c(=O)c3c2C)CCC4)cc1OCC. The highest BCUT2D eigenvalue weighted by Crippen LogP contribution is 2.30. The fourth-order valence-corrected chi connectivity index (χ4v) is 5.20. The lowest BCUT2D eigenvalue weighted by molar-refractivity contribution is -0.124. The number of hydrogen-bond donors (Lipinski definition) is 1. The van der Waals surface area contributed by atoms with Crippen molar-refractivity contribution in [2.45, 2.75) is 46.6 Å². The van der Waals surface area contributed by atoms with Crippen molar-refractivity contribution < 1.29 is 23.8 Å². The van der Waals surface area contributed by atoms with E-state index < -0.39 is 18.5 Å². The molecule has 4 rings (SSSR count). The molecule has 0 atom stereocenters. The number of carbonyl (C=O) groups is 2. The zero-order valence-electron chi connectivity index (χ0n) is 20.1. The van der Waals surface area contributed by atoms with E-state index in [2.05, 4.69) is 10.3 Å². The number of carbonyl (C=O) groups excluding carboxylic acids is 2. The highest BCUT2D eigenvalue weighted by molar-refractivity contribution is 7.20. The molecule has 1 N–H and O–H groups in total. The van der Waals surface area contributed by atoms with E-state index in [4.69, 9.17) is 14.2 Å². The second-order valence-corrected chi connectivity index (χ2v) is 9.15. The van der Waals surface area contributed by atoms with Gasteiger partial charge in [-0.1, -0.05) is 6.07 Å². The summed E-state index contributed by atoms with van der Waals surface area (Å²) in [6.07, 6.45) is 2.24. The number of fused-ring (bicyclic) bond motifs is 2. The molecule has 0 saturated heterocycles. The quantitative estimate of drug-likeness (QED) is 0.427. The van der Waals surface area contributed by atoms with E-state index >= 15 is 0 Å². The first-order valence-corrected chi connectivity index (χ1v) is 12.6. The minimum Gasteiger partial charge on any atom is -0.490 e. The third-order valence-corrected chi connectivity index (χ3v) is 6.94. The molecule has 2 aromatic heterocycles. The van der Waals surface area contributed by atoms with E-state index in [0.717, 1.165) is 35.6 Å². The topological polar surface area (TPSA) is 109 Å². The molecule has 9 nitrogen and oxygen atoms in total. The summed E-state index contributed by atoms with van der Waals surface area (Å²) in [6.45, 7) is 7.24. The van der Waals surface area contributed by atoms with Crippen LogP contribution in [0.2, 0.25) is 0 Å². The predicted molar refractivity (Wildman–Crippen MR) is 133 cm³/mol. The van der Waals surface area contributed by atoms with Crippen molar-refractivity contribution >= 4 is 33.4 Å². The molecule has 0 radical (unpaired) electrons. The van der Waals surface area contributed by atoms with Crippen molar-refractivity contribution in [3.63, 3.8) is 0 Å². The summed E-state index contributed by atoms with van der Waals surface area (Å²) in [6, 6.07) is 5.68. The van der Waals surface area contributed by atoms with Gasteiger partial charge in [-0.05, 0) is 56.9 Å². The van der Waals surface area contributed by atoms with Gasteiger partial charge in [0.1, 0.15) is 15.5 Å². The van der Waals surface area contributed by atoms with E-state index in [9.17, 15) is 14.4 Å². The Morgan fingerprint density at radius 3 is 2.71 bits per heavy atom. The molecule has 0 fully saturated rings. The van der Waals surface area contributed by atoms with Crippen LogP contribution in [0.15, 0.2) is 23.0 Å². The maximum Gasteiger partial charge on any atom is 0.349 e. The van der Waals surface area contributed by atoms with E-state index in [0.29, 0.717) is 64.9 Å². The van der Waals surface area contributed by atoms with Crippen LogP contribution in [0.4, 0.5) is 0 Å². The van der Waals surface area contributed by atoms with Gasteiger partial charge >= 0.3 is 5.97 Å². The molecule has 1 amide bonds. The Bertz CT molecular complexity index is 1310. The van der Waals surface area contributed by atoms with Crippen LogP contribution in [-0.2, 0) is 28.9 Å². The number of ether oxygens (including phenoxy) is 3. The molecule has 10 heteroatoms. The molecule has 0 bridgehead atoms. The first kappa shape index (κ1) is 24.7. The Morgan fingerprint density at radius 1 is 1.17 bits per heavy atom. The van der Waals surface area contributed by atoms with Gasteiger partial charge in [0.05, 0.1) is 18.6 Å². The third-order valence-electron chi connectivity index (χ3n) is 5.77. The molecule has 0 saturated carbocycles. The number of esters is 1. The van der Waals surface area contributed by atoms with E-state index in [1.165, 1.54) is 0 Å². The normalized spacial score (nSPS) is 12.4. The number of nitrogens with one attached hydrogen (secondary N) is 1. The second kappa shape index (κ2) is 10.9. The molecule has 1 aromatic carbocycles. The minimum atomic E-state index is -0.627. The summed E-state index contributed by atoms with van der Waals surface area (Å²) in [5, 5.41) is 3.22. The summed E-state index contributed by atoms with van der Waals surface area (Å²) >= 11 is 1.14. The zero-order valence-corrected chi connectivity index (χ0v) is 21.0. The number of thiophene rings is 1. The van der Waals surface area contributed by atoms with E-state index in [-0.39, 0.29) is 5.56 Å². The molecule has 0 unspecified atom stereocenters. The van der Waals surface area contributed by atoms with Gasteiger partial charge in [-0.25, -0.2) is 9.78 Å². The Kier molecular flexibility index (Phi) is 7.70. The smallest absolute Gasteiger partial charge is 0.349 e. The molecular formula is C25H29N3O6S. The summed E-state index contributed by atoms with van der Waals surface area (Å²) in [5.74, 6) is 1.09. The molecule has 186 valence electrons. The largest absolute Gasteiger partial charge is 0.490 e. The monoisotopic (exact) mass is 499 g/mol. The van der Waals surface area contributed by atoms with Gasteiger partial charge in [-0.15, -0.1) is 11.3 Å². The van der Waals surface area contributed by atoms with Crippen molar-refractivity contribution in [1.82, 2.24) is 14.9 Å². The lowest BCUT2D eigenvalue weighted by Crippen LogP contribution is -2.30. The highest BCUT2D eigenvalue weighted by Gasteiger charge is 2.24. The second-order valence-electron chi connectivity index (χ2n) is 8.15. The van der Waals surface area contributed by atoms with Gasteiger partial charge in [0.25, 0.3) is 11.5 Å². The summed E-state index contributed by atoms with van der Waals surface area (Å²) < 4.78 is 18.1. The summed E-state index contributed by atoms with van der Waals surface area (Å²) in [7, 11) is 0. The number of amides is 1. The van der Waals surface area contributed by atoms with Crippen LogP contribution in [0.1, 0.15) is 46.9 Å². The summed E-state index contributed by atoms with van der Waals surface area (Å²) in [4.78, 5) is 43.0. The Labute approximate surface area is 207 Å². The van der Waals surface area contributed by atoms with Crippen LogP contribution in [0.3, 0.4) is 0 Å². The fraction of sp³-hybridized carbons (Fsp3) is 0.440. The van der Waals surface area contributed by atoms with Crippen LogP contribution in [-0.4, -0.2) is 47.8 Å². The van der Waals surface area contributed by atoms with Crippen molar-refractivity contribution in [2.75, 3.05) is 26.4 Å². The molecule has 35 heavy (non-hydrogen) atoms. The standard InChI is InChI=1S/C25H29N3O6S/c1-4-32-17-9-8-16(13-18(17)33-5-2)10-11-26-20(29)14-34-25(31)22-15(3)21-23(35-22)27-19-7-6-12-28(19)24(21)30/h8-9,13H,4-7,10-12,14H2,1-3H3,(H,26,29). The number of aryl methyl sites for hydroxylation is 2. The number of aromatic nitrogens is 2. The van der Waals surface area contributed by atoms with Gasteiger partial charge in [0.15, 0.2) is 18.1 Å². The Morgan fingerprint density at radius 2 is 1.94 bits per heavy atom. The third kappa shape index (κ3) is 5.32. The average Bonchev–Trinajstić information content (AvgIpc) is 3.44. The van der Waals surface area contributed by atoms with Crippen molar-refractivity contribution in [3.8, 4) is 11.5 Å². The predicted octanol–water partition coefficient (Wildman–Crippen LogP) is 3.03. The first-order valence-electron chi connectivity index (χ1n) is 11.8. The summed E-state index contributed by atoms with van der Waals surface area (Å²) in [5.41, 5.74) is 1.42. The molecule has 1 aliphatic heterocycles. The number of hydrogen-bond acceptors (Lipinski definition) is 8. The van der Waals surface area contributed by atoms with Crippen LogP contribution in [0, 0.1) is 6.92 Å². The molecule has 0 spiro atoms. The van der Waals surface area contributed by atoms with Gasteiger partial charge in [0, 0.05) is 19.5 Å². The molecular weight excluding hydrogens is 470 g/mol. The zero-order chi connectivity index (χ0) is 24.9. The van der Waals surface area contributed by atoms with Crippen molar-refractivity contribution in [2.24, 2.45) is 0 Å². The lowest BCUT2D eigenvalue weighted by Gasteiger charge is -2.12. The number of nitrogens with zero attached hydrogens (tertiary/aromatic N) is 2. The molecule has 3 heterocycles. The van der Waals surface area contributed by atoms with Gasteiger partial charge < -0.3 is 19.5 Å². The first-order chi connectivity index (χ1) is 16.9. The van der Waals surface area contributed by atoms with Gasteiger partial charge in [-0.3, -0.25) is 14.2 Å². The van der Waals surface area contributed by atoms with Gasteiger partial charge in [0.2, 0.25) is 0 Å². The Balaban J connectivity index is 1.31. The van der Waals surface area contributed by atoms with Crippen LogP contribution >= 0.6 is 11.3 Å². The lowest BCUT2D eigenvalue weighted by atomic mass is 10.1. The maximum atomic E-state index is 12.8. The van der Waals surface area contributed by atoms with Gasteiger partial charge in [-0.2, -0.15) is 0 Å². The van der Waals surface area contributed by atoms with Crippen LogP contribution in [0.25, 0.3) is 10.2 Å². The molecule has 1 aliphatic rings. The molecule has 0 aliphatic carbocycles. The van der Waals surface area contributed by atoms with Crippen molar-refractivity contribution in [1.29, 1.82) is 0 Å². The van der Waals surface area contributed by atoms with Crippen LogP contribution < -0.4 is 20.3 Å². The van der Waals surface area contributed by atoms with E-state index in [1.54, 1.807) is 11.5 Å². The number of rotatable bonds is 10. The maximum absolute atomic E-state index is 12.8. The highest BCUT2D eigenvalue weighted by atomic mass is 32.1. The molecule has 3 aromatic rings. The number of benzene rings is 1. The van der Waals surface area contributed by atoms with Crippen molar-refractivity contribution in [3.05, 3.63) is 50.4 Å². The minimum absolute atomic E-state index is 0.116.